The van der Waals surface area contributed by atoms with Crippen LogP contribution in [-0.2, 0) is 10.8 Å². The Morgan fingerprint density at radius 3 is 2.20 bits per heavy atom. The molecule has 0 saturated carbocycles. The summed E-state index contributed by atoms with van der Waals surface area (Å²) in [6.45, 7) is 17.3. The van der Waals surface area contributed by atoms with Crippen molar-refractivity contribution in [3.63, 3.8) is 0 Å². The first-order valence-corrected chi connectivity index (χ1v) is 14.4. The highest BCUT2D eigenvalue weighted by atomic mass is 16.3. The molecule has 1 fully saturated rings. The summed E-state index contributed by atoms with van der Waals surface area (Å²) in [5.74, 6) is 0.282. The van der Waals surface area contributed by atoms with E-state index in [1.165, 1.54) is 11.1 Å². The fourth-order valence-corrected chi connectivity index (χ4v) is 6.31. The lowest BCUT2D eigenvalue weighted by molar-refractivity contribution is 0.125. The van der Waals surface area contributed by atoms with Crippen LogP contribution in [0.1, 0.15) is 65.5 Å². The third kappa shape index (κ3) is 5.83. The third-order valence-electron chi connectivity index (χ3n) is 8.28. The number of fused-ring (bicyclic) bond motifs is 2. The number of rotatable bonds is 4. The van der Waals surface area contributed by atoms with Crippen molar-refractivity contribution in [1.82, 2.24) is 4.90 Å². The van der Waals surface area contributed by atoms with E-state index in [4.69, 9.17) is 0 Å². The van der Waals surface area contributed by atoms with Crippen LogP contribution in [0.2, 0.25) is 0 Å². The molecule has 5 rings (SSSR count). The molecule has 0 aromatic heterocycles. The molecular weight excluding hydrogens is 496 g/mol. The maximum Gasteiger partial charge on any atom is 0.323 e. The number of phenols is 1. The number of nitrogens with one attached hydrogen (secondary N) is 2. The van der Waals surface area contributed by atoms with Gasteiger partial charge in [-0.25, -0.2) is 4.79 Å². The molecule has 2 aliphatic heterocycles. The van der Waals surface area contributed by atoms with E-state index < -0.39 is 0 Å². The number of nitrogens with zero attached hydrogens (tertiary/aromatic N) is 2. The summed E-state index contributed by atoms with van der Waals surface area (Å²) in [6, 6.07) is 21.5. The van der Waals surface area contributed by atoms with Crippen LogP contribution in [0.3, 0.4) is 0 Å². The van der Waals surface area contributed by atoms with Gasteiger partial charge in [-0.2, -0.15) is 0 Å². The Kier molecular flexibility index (Phi) is 7.34. The summed E-state index contributed by atoms with van der Waals surface area (Å²) >= 11 is 0. The molecule has 0 unspecified atom stereocenters. The number of likely N-dealkylation sites (tertiary alicyclic amines) is 1. The van der Waals surface area contributed by atoms with Gasteiger partial charge in [0, 0.05) is 24.2 Å². The first-order valence-electron chi connectivity index (χ1n) is 14.4. The van der Waals surface area contributed by atoms with Crippen LogP contribution in [0.4, 0.5) is 27.5 Å². The maximum absolute atomic E-state index is 13.1. The van der Waals surface area contributed by atoms with E-state index in [2.05, 4.69) is 80.2 Å². The van der Waals surface area contributed by atoms with Crippen LogP contribution in [0.15, 0.2) is 66.7 Å². The number of anilines is 4. The number of para-hydroxylation sites is 3. The van der Waals surface area contributed by atoms with Gasteiger partial charge in [-0.1, -0.05) is 77.9 Å². The van der Waals surface area contributed by atoms with Crippen molar-refractivity contribution in [3.8, 4) is 5.75 Å². The zero-order valence-electron chi connectivity index (χ0n) is 24.8. The smallest absolute Gasteiger partial charge is 0.323 e. The highest BCUT2D eigenvalue weighted by Gasteiger charge is 2.46. The van der Waals surface area contributed by atoms with E-state index in [1.54, 1.807) is 6.07 Å². The number of urea groups is 1. The quantitative estimate of drug-likeness (QED) is 0.315. The Bertz CT molecular complexity index is 1360. The van der Waals surface area contributed by atoms with Gasteiger partial charge < -0.3 is 25.5 Å². The van der Waals surface area contributed by atoms with Crippen LogP contribution in [-0.4, -0.2) is 42.2 Å². The molecule has 3 aromatic carbocycles. The predicted molar refractivity (Wildman–Crippen MR) is 166 cm³/mol. The summed E-state index contributed by atoms with van der Waals surface area (Å²) in [6.07, 6.45) is 2.08. The minimum Gasteiger partial charge on any atom is -0.506 e. The third-order valence-corrected chi connectivity index (χ3v) is 8.28. The number of carbonyl (C=O) groups excluding carboxylic acids is 1. The molecular formula is C34H44N4O2. The Morgan fingerprint density at radius 1 is 0.875 bits per heavy atom. The van der Waals surface area contributed by atoms with Crippen molar-refractivity contribution < 1.29 is 9.90 Å². The fourth-order valence-electron chi connectivity index (χ4n) is 6.31. The highest BCUT2D eigenvalue weighted by Crippen LogP contribution is 2.54. The fraction of sp³-hybridized carbons (Fsp3) is 0.441. The summed E-state index contributed by atoms with van der Waals surface area (Å²) < 4.78 is 0. The van der Waals surface area contributed by atoms with Gasteiger partial charge in [-0.15, -0.1) is 0 Å². The summed E-state index contributed by atoms with van der Waals surface area (Å²) in [4.78, 5) is 17.9. The number of hydrogen-bond acceptors (Lipinski definition) is 4. The molecule has 6 nitrogen and oxygen atoms in total. The van der Waals surface area contributed by atoms with Gasteiger partial charge in [0.2, 0.25) is 0 Å². The number of hydrogen-bond donors (Lipinski definition) is 3. The van der Waals surface area contributed by atoms with Crippen molar-refractivity contribution in [2.24, 2.45) is 5.41 Å². The second-order valence-electron chi connectivity index (χ2n) is 13.8. The SMILES string of the molecule is CC(C)(C)CN1CCC2(CC1)CN(c1ccccc1NC(=O)Nc1ccc(C(C)(C)C)cc1)c1c(O)cccc12. The van der Waals surface area contributed by atoms with Crippen LogP contribution in [0.25, 0.3) is 0 Å². The van der Waals surface area contributed by atoms with E-state index in [1.807, 2.05) is 42.5 Å². The first kappa shape index (κ1) is 28.0. The molecule has 1 saturated heterocycles. The van der Waals surface area contributed by atoms with Crippen LogP contribution >= 0.6 is 0 Å². The lowest BCUT2D eigenvalue weighted by atomic mass is 9.74. The summed E-state index contributed by atoms with van der Waals surface area (Å²) in [5.41, 5.74) is 5.91. The van der Waals surface area contributed by atoms with Gasteiger partial charge in [-0.05, 0) is 78.2 Å². The molecule has 3 aromatic rings. The van der Waals surface area contributed by atoms with E-state index in [0.717, 1.165) is 56.1 Å². The number of phenolic OH excluding ortho intramolecular Hbond substituents is 1. The lowest BCUT2D eigenvalue weighted by Crippen LogP contribution is -2.46. The molecule has 2 aliphatic rings. The summed E-state index contributed by atoms with van der Waals surface area (Å²) in [7, 11) is 0. The minimum absolute atomic E-state index is 0.0351. The second kappa shape index (κ2) is 10.5. The number of aromatic hydroxyl groups is 1. The monoisotopic (exact) mass is 540 g/mol. The van der Waals surface area contributed by atoms with Gasteiger partial charge in [0.05, 0.1) is 17.1 Å². The zero-order chi connectivity index (χ0) is 28.7. The van der Waals surface area contributed by atoms with Gasteiger partial charge >= 0.3 is 6.03 Å². The van der Waals surface area contributed by atoms with Gasteiger partial charge in [0.15, 0.2) is 0 Å². The highest BCUT2D eigenvalue weighted by molar-refractivity contribution is 6.02. The number of benzene rings is 3. The number of carbonyl (C=O) groups is 1. The van der Waals surface area contributed by atoms with Crippen molar-refractivity contribution in [2.75, 3.05) is 41.7 Å². The van der Waals surface area contributed by atoms with E-state index >= 15 is 0 Å². The maximum atomic E-state index is 13.1. The van der Waals surface area contributed by atoms with Gasteiger partial charge in [0.1, 0.15) is 5.75 Å². The van der Waals surface area contributed by atoms with Crippen LogP contribution in [0, 0.1) is 5.41 Å². The van der Waals surface area contributed by atoms with E-state index in [-0.39, 0.29) is 28.0 Å². The second-order valence-corrected chi connectivity index (χ2v) is 13.8. The van der Waals surface area contributed by atoms with E-state index in [9.17, 15) is 9.90 Å². The Labute approximate surface area is 239 Å². The molecule has 212 valence electrons. The van der Waals surface area contributed by atoms with Gasteiger partial charge in [-0.3, -0.25) is 0 Å². The molecule has 2 amide bonds. The Balaban J connectivity index is 1.37. The molecule has 0 bridgehead atoms. The standard InChI is InChI=1S/C34H44N4O2/c1-32(2,3)22-37-20-18-34(19-21-37)23-38(30-26(34)10-9-13-29(30)39)28-12-8-7-11-27(28)36-31(40)35-25-16-14-24(15-17-25)33(4,5)6/h7-17,39H,18-23H2,1-6H3,(H2,35,36,40). The van der Waals surface area contributed by atoms with Gasteiger partial charge in [0.25, 0.3) is 0 Å². The topological polar surface area (TPSA) is 67.8 Å². The molecule has 40 heavy (non-hydrogen) atoms. The number of piperidine rings is 1. The molecule has 0 radical (unpaired) electrons. The normalized spacial score (nSPS) is 17.1. The lowest BCUT2D eigenvalue weighted by Gasteiger charge is -2.42. The minimum atomic E-state index is -0.294. The zero-order valence-corrected chi connectivity index (χ0v) is 24.8. The number of amides is 2. The molecule has 3 N–H and O–H groups in total. The first-order chi connectivity index (χ1) is 18.8. The van der Waals surface area contributed by atoms with E-state index in [0.29, 0.717) is 5.69 Å². The summed E-state index contributed by atoms with van der Waals surface area (Å²) in [5, 5.41) is 17.1. The van der Waals surface area contributed by atoms with Crippen molar-refractivity contribution in [2.45, 2.75) is 65.2 Å². The van der Waals surface area contributed by atoms with Crippen molar-refractivity contribution >= 4 is 28.8 Å². The molecule has 6 heteroatoms. The average Bonchev–Trinajstić information content (AvgIpc) is 3.20. The van der Waals surface area contributed by atoms with Crippen molar-refractivity contribution in [1.29, 1.82) is 0 Å². The predicted octanol–water partition coefficient (Wildman–Crippen LogP) is 7.87. The van der Waals surface area contributed by atoms with Crippen LogP contribution in [0.5, 0.6) is 5.75 Å². The molecule has 0 atom stereocenters. The average molecular weight is 541 g/mol. The van der Waals surface area contributed by atoms with Crippen molar-refractivity contribution in [3.05, 3.63) is 77.9 Å². The Morgan fingerprint density at radius 2 is 1.55 bits per heavy atom. The molecule has 1 spiro atoms. The molecule has 2 heterocycles. The van der Waals surface area contributed by atoms with Crippen LogP contribution < -0.4 is 15.5 Å². The Hall–Kier alpha value is -3.51. The largest absolute Gasteiger partial charge is 0.506 e. The molecule has 0 aliphatic carbocycles.